The number of benzene rings is 3. The minimum Gasteiger partial charge on any atom is -0.508 e. The molecule has 0 heterocycles. The van der Waals surface area contributed by atoms with E-state index < -0.39 is 0 Å². The van der Waals surface area contributed by atoms with Gasteiger partial charge in [0.05, 0.1) is 0 Å². The summed E-state index contributed by atoms with van der Waals surface area (Å²) in [6, 6.07) is 29.4. The minimum atomic E-state index is 0.322. The van der Waals surface area contributed by atoms with Crippen molar-refractivity contribution in [2.75, 3.05) is 7.11 Å². The molecule has 0 atom stereocenters. The molecule has 22 heavy (non-hydrogen) atoms. The van der Waals surface area contributed by atoms with E-state index in [1.54, 1.807) is 48.5 Å². The second-order valence-electron chi connectivity index (χ2n) is 3.83. The maximum atomic E-state index is 8.63. The van der Waals surface area contributed by atoms with Crippen LogP contribution in [-0.2, 0) is 0 Å². The largest absolute Gasteiger partial charge is 0.508 e. The van der Waals surface area contributed by atoms with Crippen LogP contribution < -0.4 is 0 Å². The van der Waals surface area contributed by atoms with Crippen LogP contribution in [0.1, 0.15) is 0 Å². The standard InChI is InChI=1S/2C6H6O.C6H6.CH4O/c2*7-6-4-2-1-3-5-6;1-2-4-6-5-3-1;1-2/h2*1-5,7H;1-6H;2H,1H3. The van der Waals surface area contributed by atoms with Crippen LogP contribution >= 0.6 is 0 Å². The molecule has 0 aliphatic rings. The Balaban J connectivity index is 0.000000285. The van der Waals surface area contributed by atoms with E-state index in [0.717, 1.165) is 7.11 Å². The van der Waals surface area contributed by atoms with E-state index in [2.05, 4.69) is 0 Å². The summed E-state index contributed by atoms with van der Waals surface area (Å²) in [5.74, 6) is 0.644. The Morgan fingerprint density at radius 2 is 0.591 bits per heavy atom. The first kappa shape index (κ1) is 19.2. The summed E-state index contributed by atoms with van der Waals surface area (Å²) >= 11 is 0. The van der Waals surface area contributed by atoms with Gasteiger partial charge in [-0.3, -0.25) is 0 Å². The fraction of sp³-hybridized carbons (Fsp3) is 0.0526. The van der Waals surface area contributed by atoms with Gasteiger partial charge < -0.3 is 15.3 Å². The molecular weight excluding hydrogens is 276 g/mol. The fourth-order valence-corrected chi connectivity index (χ4v) is 1.24. The first-order chi connectivity index (χ1) is 10.8. The highest BCUT2D eigenvalue weighted by molar-refractivity contribution is 5.19. The molecule has 0 saturated heterocycles. The third kappa shape index (κ3) is 12.3. The molecule has 3 N–H and O–H groups in total. The molecule has 116 valence electrons. The third-order valence-corrected chi connectivity index (χ3v) is 2.18. The molecule has 3 aromatic carbocycles. The van der Waals surface area contributed by atoms with Crippen molar-refractivity contribution in [1.29, 1.82) is 0 Å². The van der Waals surface area contributed by atoms with E-state index in [0.29, 0.717) is 11.5 Å². The topological polar surface area (TPSA) is 60.7 Å². The van der Waals surface area contributed by atoms with Gasteiger partial charge in [-0.25, -0.2) is 0 Å². The Bertz CT molecular complexity index is 475. The summed E-state index contributed by atoms with van der Waals surface area (Å²) in [6.45, 7) is 0. The van der Waals surface area contributed by atoms with E-state index in [4.69, 9.17) is 15.3 Å². The van der Waals surface area contributed by atoms with Crippen molar-refractivity contribution in [3.63, 3.8) is 0 Å². The van der Waals surface area contributed by atoms with Crippen molar-refractivity contribution in [2.45, 2.75) is 0 Å². The molecule has 0 spiro atoms. The van der Waals surface area contributed by atoms with E-state index >= 15 is 0 Å². The van der Waals surface area contributed by atoms with Crippen molar-refractivity contribution in [3.05, 3.63) is 97.1 Å². The normalized spacial score (nSPS) is 7.91. The predicted molar refractivity (Wildman–Crippen MR) is 90.8 cm³/mol. The zero-order chi connectivity index (χ0) is 16.5. The van der Waals surface area contributed by atoms with E-state index in [1.165, 1.54) is 0 Å². The van der Waals surface area contributed by atoms with Crippen molar-refractivity contribution >= 4 is 0 Å². The molecular formula is C19H22O3. The van der Waals surface area contributed by atoms with Crippen LogP contribution in [0.25, 0.3) is 0 Å². The number of rotatable bonds is 0. The van der Waals surface area contributed by atoms with Gasteiger partial charge in [-0.2, -0.15) is 0 Å². The molecule has 3 heteroatoms. The van der Waals surface area contributed by atoms with Crippen molar-refractivity contribution < 1.29 is 15.3 Å². The highest BCUT2D eigenvalue weighted by atomic mass is 16.3. The van der Waals surface area contributed by atoms with Crippen molar-refractivity contribution in [2.24, 2.45) is 0 Å². The molecule has 0 radical (unpaired) electrons. The van der Waals surface area contributed by atoms with Crippen molar-refractivity contribution in [1.82, 2.24) is 0 Å². The van der Waals surface area contributed by atoms with Gasteiger partial charge in [-0.15, -0.1) is 0 Å². The van der Waals surface area contributed by atoms with Gasteiger partial charge >= 0.3 is 0 Å². The fourth-order valence-electron chi connectivity index (χ4n) is 1.24. The van der Waals surface area contributed by atoms with Crippen LogP contribution in [-0.4, -0.2) is 22.4 Å². The van der Waals surface area contributed by atoms with Crippen LogP contribution in [0.3, 0.4) is 0 Å². The van der Waals surface area contributed by atoms with Gasteiger partial charge in [0.25, 0.3) is 0 Å². The molecule has 3 rings (SSSR count). The quantitative estimate of drug-likeness (QED) is 0.586. The second kappa shape index (κ2) is 14.6. The lowest BCUT2D eigenvalue weighted by molar-refractivity contribution is 0.399. The lowest BCUT2D eigenvalue weighted by atomic mass is 10.3. The SMILES string of the molecule is CO.Oc1ccccc1.Oc1ccccc1.c1ccccc1. The first-order valence-electron chi connectivity index (χ1n) is 6.72. The molecule has 0 unspecified atom stereocenters. The average molecular weight is 298 g/mol. The monoisotopic (exact) mass is 298 g/mol. The molecule has 0 fully saturated rings. The van der Waals surface area contributed by atoms with Gasteiger partial charge in [0.1, 0.15) is 11.5 Å². The number of hydrogen-bond donors (Lipinski definition) is 3. The Labute approximate surface area is 131 Å². The van der Waals surface area contributed by atoms with Crippen LogP contribution in [0.5, 0.6) is 11.5 Å². The molecule has 0 aliphatic heterocycles. The summed E-state index contributed by atoms with van der Waals surface area (Å²) in [5, 5.41) is 24.3. The zero-order valence-corrected chi connectivity index (χ0v) is 12.6. The van der Waals surface area contributed by atoms with Crippen LogP contribution in [0, 0.1) is 0 Å². The summed E-state index contributed by atoms with van der Waals surface area (Å²) in [5.41, 5.74) is 0. The zero-order valence-electron chi connectivity index (χ0n) is 12.6. The van der Waals surface area contributed by atoms with Gasteiger partial charge in [0.15, 0.2) is 0 Å². The summed E-state index contributed by atoms with van der Waals surface area (Å²) in [4.78, 5) is 0. The van der Waals surface area contributed by atoms with Crippen molar-refractivity contribution in [3.8, 4) is 11.5 Å². The number of phenolic OH excluding ortho intramolecular Hbond substituents is 2. The molecule has 0 aliphatic carbocycles. The molecule has 0 saturated carbocycles. The molecule has 0 aromatic heterocycles. The number of para-hydroxylation sites is 2. The molecule has 0 bridgehead atoms. The smallest absolute Gasteiger partial charge is 0.115 e. The van der Waals surface area contributed by atoms with Gasteiger partial charge in [0.2, 0.25) is 0 Å². The Kier molecular flexibility index (Phi) is 12.8. The van der Waals surface area contributed by atoms with E-state index in [9.17, 15) is 0 Å². The van der Waals surface area contributed by atoms with Crippen LogP contribution in [0.4, 0.5) is 0 Å². The van der Waals surface area contributed by atoms with E-state index in [1.807, 2.05) is 48.5 Å². The summed E-state index contributed by atoms with van der Waals surface area (Å²) in [6.07, 6.45) is 0. The molecule has 3 aromatic rings. The summed E-state index contributed by atoms with van der Waals surface area (Å²) < 4.78 is 0. The number of aromatic hydroxyl groups is 2. The first-order valence-corrected chi connectivity index (χ1v) is 6.72. The molecule has 0 amide bonds. The Morgan fingerprint density at radius 1 is 0.409 bits per heavy atom. The predicted octanol–water partition coefficient (Wildman–Crippen LogP) is 4.08. The average Bonchev–Trinajstić information content (AvgIpc) is 2.61. The number of aliphatic hydroxyl groups is 1. The molecule has 3 nitrogen and oxygen atoms in total. The highest BCUT2D eigenvalue weighted by Gasteiger charge is 1.75. The second-order valence-corrected chi connectivity index (χ2v) is 3.83. The van der Waals surface area contributed by atoms with Gasteiger partial charge in [-0.1, -0.05) is 72.8 Å². The third-order valence-electron chi connectivity index (χ3n) is 2.18. The Morgan fingerprint density at radius 3 is 0.727 bits per heavy atom. The highest BCUT2D eigenvalue weighted by Crippen LogP contribution is 2.03. The van der Waals surface area contributed by atoms with Crippen LogP contribution in [0.15, 0.2) is 97.1 Å². The minimum absolute atomic E-state index is 0.322. The van der Waals surface area contributed by atoms with Gasteiger partial charge in [0, 0.05) is 7.11 Å². The number of phenols is 2. The maximum Gasteiger partial charge on any atom is 0.115 e. The number of aliphatic hydroxyl groups excluding tert-OH is 1. The lowest BCUT2D eigenvalue weighted by Crippen LogP contribution is -1.56. The van der Waals surface area contributed by atoms with E-state index in [-0.39, 0.29) is 0 Å². The number of hydrogen-bond acceptors (Lipinski definition) is 3. The lowest BCUT2D eigenvalue weighted by Gasteiger charge is -1.82. The summed E-state index contributed by atoms with van der Waals surface area (Å²) in [7, 11) is 1.00. The van der Waals surface area contributed by atoms with Crippen LogP contribution in [0.2, 0.25) is 0 Å². The maximum absolute atomic E-state index is 8.63. The Hall–Kier alpha value is -2.78. The van der Waals surface area contributed by atoms with Gasteiger partial charge in [-0.05, 0) is 24.3 Å².